The number of fused-ring (bicyclic) bond motifs is 1. The van der Waals surface area contributed by atoms with Gasteiger partial charge in [-0.25, -0.2) is 8.42 Å². The van der Waals surface area contributed by atoms with Crippen molar-refractivity contribution >= 4 is 65.1 Å². The molecule has 0 atom stereocenters. The molecule has 0 fully saturated rings. The first-order chi connectivity index (χ1) is 17.2. The molecule has 0 unspecified atom stereocenters. The largest absolute Gasteiger partial charge is 0.465 e. The molecular formula is C25H22BrN3O5S2. The van der Waals surface area contributed by atoms with E-state index in [0.29, 0.717) is 0 Å². The summed E-state index contributed by atoms with van der Waals surface area (Å²) < 4.78 is 36.7. The number of ether oxygens (including phenoxy) is 1. The zero-order chi connectivity index (χ0) is 25.9. The summed E-state index contributed by atoms with van der Waals surface area (Å²) in [6.07, 6.45) is 0. The Labute approximate surface area is 220 Å². The first-order valence-electron chi connectivity index (χ1n) is 10.9. The standard InChI is InChI=1S/C25H22BrN3O5S2/c1-3-34-23(30)15-29-21-13-10-17(26)14-22(21)35-25(29)27-24(31)19-6-4-5-7-20(19)28-36(32,33)18-11-8-16(2)9-12-18/h4-14,28H,3,15H2,1-2H3. The predicted octanol–water partition coefficient (Wildman–Crippen LogP) is 4.88. The minimum atomic E-state index is -3.93. The lowest BCUT2D eigenvalue weighted by Crippen LogP contribution is -2.23. The zero-order valence-corrected chi connectivity index (χ0v) is 22.6. The second-order valence-electron chi connectivity index (χ2n) is 7.77. The number of hydrogen-bond acceptors (Lipinski definition) is 6. The van der Waals surface area contributed by atoms with Crippen molar-refractivity contribution in [3.63, 3.8) is 0 Å². The van der Waals surface area contributed by atoms with Crippen LogP contribution in [0.4, 0.5) is 5.69 Å². The number of nitrogens with zero attached hydrogens (tertiary/aromatic N) is 2. The molecule has 1 heterocycles. The molecule has 0 saturated carbocycles. The monoisotopic (exact) mass is 587 g/mol. The number of hydrogen-bond donors (Lipinski definition) is 1. The van der Waals surface area contributed by atoms with Crippen LogP contribution in [-0.4, -0.2) is 31.5 Å². The van der Waals surface area contributed by atoms with Crippen molar-refractivity contribution in [2.45, 2.75) is 25.3 Å². The van der Waals surface area contributed by atoms with Gasteiger partial charge in [-0.1, -0.05) is 57.1 Å². The Balaban J connectivity index is 1.75. The Morgan fingerprint density at radius 3 is 2.53 bits per heavy atom. The molecular weight excluding hydrogens is 566 g/mol. The molecule has 0 bridgehead atoms. The van der Waals surface area contributed by atoms with Gasteiger partial charge in [0.15, 0.2) is 4.80 Å². The van der Waals surface area contributed by atoms with Crippen molar-refractivity contribution in [3.8, 4) is 0 Å². The lowest BCUT2D eigenvalue weighted by atomic mass is 10.2. The van der Waals surface area contributed by atoms with Crippen LogP contribution in [0.5, 0.6) is 0 Å². The molecule has 0 spiro atoms. The topological polar surface area (TPSA) is 107 Å². The number of amides is 1. The molecule has 186 valence electrons. The van der Waals surface area contributed by atoms with Gasteiger partial charge in [0.05, 0.1) is 33.0 Å². The zero-order valence-electron chi connectivity index (χ0n) is 19.4. The van der Waals surface area contributed by atoms with Crippen LogP contribution in [0.2, 0.25) is 0 Å². The second-order valence-corrected chi connectivity index (χ2v) is 11.4. The van der Waals surface area contributed by atoms with Gasteiger partial charge in [0.2, 0.25) is 0 Å². The van der Waals surface area contributed by atoms with Gasteiger partial charge in [0.25, 0.3) is 15.9 Å². The van der Waals surface area contributed by atoms with Crippen molar-refractivity contribution in [2.75, 3.05) is 11.3 Å². The Hall–Kier alpha value is -3.28. The van der Waals surface area contributed by atoms with Crippen LogP contribution in [0.25, 0.3) is 10.2 Å². The van der Waals surface area contributed by atoms with Crippen molar-refractivity contribution in [1.82, 2.24) is 4.57 Å². The minimum Gasteiger partial charge on any atom is -0.465 e. The maximum absolute atomic E-state index is 13.3. The number of carbonyl (C=O) groups is 2. The summed E-state index contributed by atoms with van der Waals surface area (Å²) in [6, 6.07) is 18.2. The quantitative estimate of drug-likeness (QED) is 0.310. The van der Waals surface area contributed by atoms with Crippen molar-refractivity contribution in [2.24, 2.45) is 4.99 Å². The summed E-state index contributed by atoms with van der Waals surface area (Å²) in [4.78, 5) is 30.2. The van der Waals surface area contributed by atoms with Gasteiger partial charge in [0.1, 0.15) is 6.54 Å². The predicted molar refractivity (Wildman–Crippen MR) is 142 cm³/mol. The molecule has 4 rings (SSSR count). The first kappa shape index (κ1) is 25.8. The third-order valence-corrected chi connectivity index (χ3v) is 8.08. The molecule has 11 heteroatoms. The fourth-order valence-corrected chi connectivity index (χ4v) is 6.11. The van der Waals surface area contributed by atoms with E-state index in [1.807, 2.05) is 25.1 Å². The Bertz CT molecular complexity index is 1620. The number of aryl methyl sites for hydroxylation is 1. The number of para-hydroxylation sites is 1. The highest BCUT2D eigenvalue weighted by Gasteiger charge is 2.19. The highest BCUT2D eigenvalue weighted by molar-refractivity contribution is 9.10. The SMILES string of the molecule is CCOC(=O)Cn1c(=NC(=O)c2ccccc2NS(=O)(=O)c2ccc(C)cc2)sc2cc(Br)ccc21. The molecule has 0 aliphatic rings. The molecule has 3 aromatic carbocycles. The third-order valence-electron chi connectivity index (χ3n) is 5.17. The fourth-order valence-electron chi connectivity index (χ4n) is 3.45. The van der Waals surface area contributed by atoms with Gasteiger partial charge < -0.3 is 9.30 Å². The lowest BCUT2D eigenvalue weighted by molar-refractivity contribution is -0.143. The van der Waals surface area contributed by atoms with Crippen molar-refractivity contribution in [1.29, 1.82) is 0 Å². The maximum atomic E-state index is 13.3. The maximum Gasteiger partial charge on any atom is 0.326 e. The first-order valence-corrected chi connectivity index (χ1v) is 14.0. The van der Waals surface area contributed by atoms with Crippen LogP contribution in [0.3, 0.4) is 0 Å². The van der Waals surface area contributed by atoms with E-state index in [2.05, 4.69) is 25.6 Å². The van der Waals surface area contributed by atoms with E-state index in [0.717, 1.165) is 20.3 Å². The van der Waals surface area contributed by atoms with Crippen LogP contribution in [-0.2, 0) is 26.1 Å². The number of carbonyl (C=O) groups excluding carboxylic acids is 2. The highest BCUT2D eigenvalue weighted by atomic mass is 79.9. The van der Waals surface area contributed by atoms with Crippen LogP contribution >= 0.6 is 27.3 Å². The molecule has 36 heavy (non-hydrogen) atoms. The number of esters is 1. The van der Waals surface area contributed by atoms with Crippen LogP contribution in [0, 0.1) is 6.92 Å². The Kier molecular flexibility index (Phi) is 7.72. The average molecular weight is 589 g/mol. The number of aromatic nitrogens is 1. The van der Waals surface area contributed by atoms with Crippen LogP contribution in [0.1, 0.15) is 22.8 Å². The highest BCUT2D eigenvalue weighted by Crippen LogP contribution is 2.24. The normalized spacial score (nSPS) is 12.0. The van der Waals surface area contributed by atoms with Gasteiger partial charge >= 0.3 is 5.97 Å². The molecule has 4 aromatic rings. The number of anilines is 1. The molecule has 8 nitrogen and oxygen atoms in total. The third kappa shape index (κ3) is 5.75. The van der Waals surface area contributed by atoms with Gasteiger partial charge in [-0.05, 0) is 56.3 Å². The van der Waals surface area contributed by atoms with E-state index >= 15 is 0 Å². The molecule has 0 aliphatic carbocycles. The van der Waals surface area contributed by atoms with Gasteiger partial charge in [-0.15, -0.1) is 0 Å². The fraction of sp³-hybridized carbons (Fsp3) is 0.160. The smallest absolute Gasteiger partial charge is 0.326 e. The van der Waals surface area contributed by atoms with Crippen LogP contribution in [0.15, 0.2) is 81.1 Å². The number of nitrogens with one attached hydrogen (secondary N) is 1. The van der Waals surface area contributed by atoms with Gasteiger partial charge in [-0.3, -0.25) is 14.3 Å². The summed E-state index contributed by atoms with van der Waals surface area (Å²) in [7, 11) is -3.93. The van der Waals surface area contributed by atoms with Crippen molar-refractivity contribution in [3.05, 3.63) is 87.1 Å². The molecule has 1 aromatic heterocycles. The van der Waals surface area contributed by atoms with Gasteiger partial charge in [0, 0.05) is 4.47 Å². The van der Waals surface area contributed by atoms with E-state index in [-0.39, 0.29) is 34.1 Å². The van der Waals surface area contributed by atoms with E-state index in [9.17, 15) is 18.0 Å². The molecule has 0 radical (unpaired) electrons. The van der Waals surface area contributed by atoms with Crippen LogP contribution < -0.4 is 9.52 Å². The molecule has 1 amide bonds. The molecule has 1 N–H and O–H groups in total. The number of halogens is 1. The Morgan fingerprint density at radius 2 is 1.81 bits per heavy atom. The summed E-state index contributed by atoms with van der Waals surface area (Å²) in [5.74, 6) is -1.11. The average Bonchev–Trinajstić information content (AvgIpc) is 3.15. The number of thiazole rings is 1. The summed E-state index contributed by atoms with van der Waals surface area (Å²) >= 11 is 4.67. The van der Waals surface area contributed by atoms with E-state index in [4.69, 9.17) is 4.74 Å². The van der Waals surface area contributed by atoms with Crippen molar-refractivity contribution < 1.29 is 22.7 Å². The van der Waals surface area contributed by atoms with E-state index in [1.165, 1.54) is 35.6 Å². The van der Waals surface area contributed by atoms with E-state index in [1.54, 1.807) is 35.8 Å². The van der Waals surface area contributed by atoms with E-state index < -0.39 is 21.9 Å². The van der Waals surface area contributed by atoms with Gasteiger partial charge in [-0.2, -0.15) is 4.99 Å². The number of sulfonamides is 1. The number of rotatable bonds is 7. The number of benzene rings is 3. The summed E-state index contributed by atoms with van der Waals surface area (Å²) in [5.41, 5.74) is 1.83. The minimum absolute atomic E-state index is 0.0782. The summed E-state index contributed by atoms with van der Waals surface area (Å²) in [6.45, 7) is 3.69. The second kappa shape index (κ2) is 10.8. The molecule has 0 saturated heterocycles. The Morgan fingerprint density at radius 1 is 1.08 bits per heavy atom. The molecule has 0 aliphatic heterocycles. The summed E-state index contributed by atoms with van der Waals surface area (Å²) in [5, 5.41) is 0. The lowest BCUT2D eigenvalue weighted by Gasteiger charge is -2.11.